The Morgan fingerprint density at radius 2 is 1.27 bits per heavy atom. The van der Waals surface area contributed by atoms with Gasteiger partial charge in [0.25, 0.3) is 0 Å². The second kappa shape index (κ2) is 17.7. The molecular formula is C62H61N3O. The minimum atomic E-state index is -2.83. The van der Waals surface area contributed by atoms with Gasteiger partial charge < -0.3 is 5.11 Å². The second-order valence-electron chi connectivity index (χ2n) is 19.1. The van der Waals surface area contributed by atoms with Crippen LogP contribution < -0.4 is 0 Å². The van der Waals surface area contributed by atoms with Gasteiger partial charge in [0.2, 0.25) is 0 Å². The van der Waals surface area contributed by atoms with Crippen LogP contribution >= 0.6 is 0 Å². The number of para-hydroxylation sites is 1. The molecule has 330 valence electrons. The minimum absolute atomic E-state index is 0.00616. The molecule has 4 heteroatoms. The highest BCUT2D eigenvalue weighted by molar-refractivity contribution is 5.98. The van der Waals surface area contributed by atoms with Crippen LogP contribution in [0.4, 0.5) is 0 Å². The quantitative estimate of drug-likeness (QED) is 0.149. The summed E-state index contributed by atoms with van der Waals surface area (Å²) >= 11 is 0. The number of phenolic OH excluding ortho intramolecular Hbond substituents is 1. The Kier molecular flexibility index (Phi) is 9.47. The summed E-state index contributed by atoms with van der Waals surface area (Å²) in [5.74, 6) is -0.117. The number of nitrogens with zero attached hydrogens (tertiary/aromatic N) is 3. The molecule has 1 N–H and O–H groups in total. The number of pyridine rings is 1. The van der Waals surface area contributed by atoms with Crippen molar-refractivity contribution < 1.29 is 16.1 Å². The Bertz CT molecular complexity index is 3590. The van der Waals surface area contributed by atoms with Crippen LogP contribution in [0.15, 0.2) is 164 Å². The van der Waals surface area contributed by atoms with E-state index in [4.69, 9.17) is 19.6 Å². The molecule has 2 aromatic heterocycles. The van der Waals surface area contributed by atoms with Gasteiger partial charge in [0, 0.05) is 28.4 Å². The average Bonchev–Trinajstić information content (AvgIpc) is 3.74. The number of benzene rings is 7. The first-order valence-electron chi connectivity index (χ1n) is 26.8. The molecule has 0 spiro atoms. The maximum Gasteiger partial charge on any atom is 0.149 e. The molecule has 4 nitrogen and oxygen atoms in total. The summed E-state index contributed by atoms with van der Waals surface area (Å²) in [6, 6.07) is 42.6. The van der Waals surface area contributed by atoms with Crippen LogP contribution in [-0.2, 0) is 5.41 Å². The maximum atomic E-state index is 12.5. The molecule has 0 saturated carbocycles. The molecule has 7 aromatic carbocycles. The van der Waals surface area contributed by atoms with E-state index < -0.39 is 42.5 Å². The highest BCUT2D eigenvalue weighted by Gasteiger charge is 2.27. The van der Waals surface area contributed by atoms with Gasteiger partial charge in [-0.15, -0.1) is 0 Å². The van der Waals surface area contributed by atoms with Gasteiger partial charge in [0.1, 0.15) is 11.6 Å². The van der Waals surface area contributed by atoms with Crippen molar-refractivity contribution in [1.29, 1.82) is 0 Å². The van der Waals surface area contributed by atoms with Crippen LogP contribution in [0.25, 0.3) is 83.9 Å². The van der Waals surface area contributed by atoms with Crippen molar-refractivity contribution in [3.8, 4) is 78.6 Å². The number of hydrogen-bond donors (Lipinski definition) is 1. The summed E-state index contributed by atoms with van der Waals surface area (Å²) in [7, 11) is 0. The Hall–Kier alpha value is -7.04. The highest BCUT2D eigenvalue weighted by atomic mass is 16.3. The number of hydrogen-bond acceptors (Lipinski definition) is 3. The number of fused-ring (bicyclic) bond motifs is 1. The molecule has 2 heterocycles. The topological polar surface area (TPSA) is 50.9 Å². The fourth-order valence-corrected chi connectivity index (χ4v) is 8.84. The number of imidazole rings is 1. The van der Waals surface area contributed by atoms with E-state index in [1.165, 1.54) is 0 Å². The van der Waals surface area contributed by atoms with Gasteiger partial charge in [-0.2, -0.15) is 0 Å². The third-order valence-electron chi connectivity index (χ3n) is 12.5. The van der Waals surface area contributed by atoms with E-state index >= 15 is 0 Å². The van der Waals surface area contributed by atoms with Crippen molar-refractivity contribution in [1.82, 2.24) is 14.5 Å². The molecule has 9 rings (SSSR count). The molecule has 0 aliphatic carbocycles. The Morgan fingerprint density at radius 1 is 0.591 bits per heavy atom. The van der Waals surface area contributed by atoms with Gasteiger partial charge in [-0.25, -0.2) is 4.98 Å². The maximum absolute atomic E-state index is 12.5. The molecule has 66 heavy (non-hydrogen) atoms. The molecule has 0 saturated heterocycles. The number of rotatable bonds is 10. The van der Waals surface area contributed by atoms with Crippen LogP contribution in [-0.4, -0.2) is 19.6 Å². The smallest absolute Gasteiger partial charge is 0.149 e. The lowest BCUT2D eigenvalue weighted by Gasteiger charge is -2.23. The molecule has 0 aliphatic rings. The number of aromatic nitrogens is 3. The first-order valence-corrected chi connectivity index (χ1v) is 22.8. The van der Waals surface area contributed by atoms with Crippen LogP contribution in [0.2, 0.25) is 0 Å². The summed E-state index contributed by atoms with van der Waals surface area (Å²) in [6.45, 7) is 15.9. The summed E-state index contributed by atoms with van der Waals surface area (Å²) in [5.41, 5.74) is 12.7. The normalized spacial score (nSPS) is 14.0. The first-order chi connectivity index (χ1) is 34.8. The van der Waals surface area contributed by atoms with E-state index in [1.54, 1.807) is 18.3 Å². The molecule has 0 bridgehead atoms. The van der Waals surface area contributed by atoms with E-state index in [0.717, 1.165) is 72.4 Å². The van der Waals surface area contributed by atoms with E-state index in [9.17, 15) is 6.48 Å². The Balaban J connectivity index is 1.37. The predicted octanol–water partition coefficient (Wildman–Crippen LogP) is 17.1. The molecule has 0 amide bonds. The lowest BCUT2D eigenvalue weighted by molar-refractivity contribution is 0.466. The zero-order valence-electron chi connectivity index (χ0n) is 47.2. The van der Waals surface area contributed by atoms with E-state index in [0.29, 0.717) is 28.2 Å². The standard InChI is InChI=1S/C62H61N3O/c1-38(2)46-33-52(40(5)6)60(66)55(34-46)61-64-59-50(47-30-48(32-49(31-47)62(8,9)10)56-35-45(28-29-63-56)42-26-24-41(7)25-27-42)22-17-23-57(59)65(61)58-37-53(43-18-13-11-14-19-43)51(39(3)4)36-54(58)44-20-15-12-16-21-44/h11-40,66H,1-10H3/i7D3,24D,25D,26D,27D,39D. The lowest BCUT2D eigenvalue weighted by atomic mass is 9.83. The summed E-state index contributed by atoms with van der Waals surface area (Å²) in [6.07, 6.45) is 1.57. The van der Waals surface area contributed by atoms with Crippen LogP contribution in [0.1, 0.15) is 119 Å². The second-order valence-corrected chi connectivity index (χ2v) is 19.1. The molecule has 0 atom stereocenters. The Labute approximate surface area is 403 Å². The fraction of sp³-hybridized carbons (Fsp3) is 0.226. The van der Waals surface area contributed by atoms with Crippen molar-refractivity contribution in [3.05, 3.63) is 192 Å². The molecule has 0 radical (unpaired) electrons. The summed E-state index contributed by atoms with van der Waals surface area (Å²) in [5, 5.41) is 12.5. The molecule has 0 unspecified atom stereocenters. The lowest BCUT2D eigenvalue weighted by Crippen LogP contribution is -2.11. The van der Waals surface area contributed by atoms with Gasteiger partial charge in [0.15, 0.2) is 0 Å². The van der Waals surface area contributed by atoms with Crippen molar-refractivity contribution in [2.24, 2.45) is 0 Å². The average molecular weight is 872 g/mol. The van der Waals surface area contributed by atoms with Crippen molar-refractivity contribution in [3.63, 3.8) is 0 Å². The number of aromatic hydroxyl groups is 1. The SMILES string of the molecule is [2H]c1c([2H])c(C([2H])([2H])[2H])c([2H])c([2H])c1-c1ccnc(-c2cc(-c3cccc4c3nc(-c3cc(C(C)C)cc(C(C)C)c3O)n4-c3cc(-c4ccccc4)c(C([2H])(C)C)cc3-c3ccccc3)cc(C(C)(C)C)c2)c1. The van der Waals surface area contributed by atoms with Gasteiger partial charge in [-0.05, 0) is 134 Å². The van der Waals surface area contributed by atoms with Crippen LogP contribution in [0, 0.1) is 6.85 Å². The molecule has 9 aromatic rings. The van der Waals surface area contributed by atoms with Gasteiger partial charge in [0.05, 0.1) is 33.5 Å². The Morgan fingerprint density at radius 3 is 1.91 bits per heavy atom. The monoisotopic (exact) mass is 872 g/mol. The van der Waals surface area contributed by atoms with Crippen LogP contribution in [0.5, 0.6) is 5.75 Å². The molecule has 0 fully saturated rings. The van der Waals surface area contributed by atoms with Gasteiger partial charge in [-0.1, -0.05) is 177 Å². The van der Waals surface area contributed by atoms with Crippen LogP contribution in [0.3, 0.4) is 0 Å². The molecule has 0 aliphatic heterocycles. The largest absolute Gasteiger partial charge is 0.507 e. The van der Waals surface area contributed by atoms with Gasteiger partial charge >= 0.3 is 0 Å². The van der Waals surface area contributed by atoms with E-state index in [1.807, 2.05) is 62.4 Å². The number of phenols is 1. The molecular weight excluding hydrogens is 803 g/mol. The van der Waals surface area contributed by atoms with E-state index in [2.05, 4.69) is 126 Å². The summed E-state index contributed by atoms with van der Waals surface area (Å²) in [4.78, 5) is 10.4. The third kappa shape index (κ3) is 8.49. The zero-order chi connectivity index (χ0) is 53.3. The zero-order valence-corrected chi connectivity index (χ0v) is 39.2. The third-order valence-corrected chi connectivity index (χ3v) is 12.5. The van der Waals surface area contributed by atoms with Crippen molar-refractivity contribution >= 4 is 11.0 Å². The van der Waals surface area contributed by atoms with E-state index in [-0.39, 0.29) is 28.6 Å². The summed E-state index contributed by atoms with van der Waals surface area (Å²) < 4.78 is 70.5. The highest BCUT2D eigenvalue weighted by Crippen LogP contribution is 2.46. The van der Waals surface area contributed by atoms with Crippen molar-refractivity contribution in [2.45, 2.75) is 92.3 Å². The first kappa shape index (κ1) is 35.2. The minimum Gasteiger partial charge on any atom is -0.507 e. The van der Waals surface area contributed by atoms with Crippen molar-refractivity contribution in [2.75, 3.05) is 0 Å². The van der Waals surface area contributed by atoms with Gasteiger partial charge in [-0.3, -0.25) is 9.55 Å². The predicted molar refractivity (Wildman–Crippen MR) is 279 cm³/mol. The fourth-order valence-electron chi connectivity index (χ4n) is 8.84.